The molecular weight excluding hydrogens is 388 g/mol. The second-order valence-electron chi connectivity index (χ2n) is 7.53. The van der Waals surface area contributed by atoms with Crippen molar-refractivity contribution in [2.45, 2.75) is 44.8 Å². The molecule has 2 aromatic rings. The summed E-state index contributed by atoms with van der Waals surface area (Å²) in [5, 5.41) is 3.12. The highest BCUT2D eigenvalue weighted by molar-refractivity contribution is 6.32. The standard InChI is InChI=1S/C23H27ClN2O3/c1-15(2)29-20-12-11-17(14-19(20)24)23(28)26-13-7-10-18(21(26)22(27)25-3)16-8-5-4-6-9-16/h4-6,8-9,11-12,14-15,18,21H,7,10,13H2,1-3H3,(H,25,27). The van der Waals surface area contributed by atoms with Crippen molar-refractivity contribution in [3.05, 3.63) is 64.7 Å². The third-order valence-electron chi connectivity index (χ3n) is 5.18. The van der Waals surface area contributed by atoms with Gasteiger partial charge in [-0.1, -0.05) is 41.9 Å². The Labute approximate surface area is 177 Å². The topological polar surface area (TPSA) is 58.6 Å². The van der Waals surface area contributed by atoms with Gasteiger partial charge in [-0.15, -0.1) is 0 Å². The van der Waals surface area contributed by atoms with E-state index >= 15 is 0 Å². The molecule has 0 aromatic heterocycles. The Morgan fingerprint density at radius 2 is 1.90 bits per heavy atom. The van der Waals surface area contributed by atoms with E-state index in [4.69, 9.17) is 16.3 Å². The summed E-state index contributed by atoms with van der Waals surface area (Å²) in [6, 6.07) is 14.4. The number of ether oxygens (including phenoxy) is 1. The molecular formula is C23H27ClN2O3. The first-order chi connectivity index (χ1) is 13.9. The minimum absolute atomic E-state index is 0.0135. The number of nitrogens with zero attached hydrogens (tertiary/aromatic N) is 1. The van der Waals surface area contributed by atoms with E-state index in [-0.39, 0.29) is 23.8 Å². The van der Waals surface area contributed by atoms with Crippen LogP contribution in [0.4, 0.5) is 0 Å². The van der Waals surface area contributed by atoms with Crippen LogP contribution < -0.4 is 10.1 Å². The SMILES string of the molecule is CNC(=O)C1C(c2ccccc2)CCCN1C(=O)c1ccc(OC(C)C)c(Cl)c1. The van der Waals surface area contributed by atoms with Crippen LogP contribution in [0.3, 0.4) is 0 Å². The number of amides is 2. The molecule has 3 rings (SSSR count). The van der Waals surface area contributed by atoms with Crippen LogP contribution >= 0.6 is 11.6 Å². The van der Waals surface area contributed by atoms with E-state index in [1.54, 1.807) is 30.1 Å². The van der Waals surface area contributed by atoms with Crippen LogP contribution in [-0.4, -0.2) is 42.5 Å². The molecule has 2 atom stereocenters. The molecule has 0 saturated carbocycles. The zero-order valence-electron chi connectivity index (χ0n) is 17.0. The van der Waals surface area contributed by atoms with Gasteiger partial charge in [0.25, 0.3) is 5.91 Å². The summed E-state index contributed by atoms with van der Waals surface area (Å²) in [6.07, 6.45) is 1.68. The van der Waals surface area contributed by atoms with Crippen molar-refractivity contribution in [3.8, 4) is 5.75 Å². The smallest absolute Gasteiger partial charge is 0.254 e. The Bertz CT molecular complexity index is 870. The third-order valence-corrected chi connectivity index (χ3v) is 5.47. The lowest BCUT2D eigenvalue weighted by Gasteiger charge is -2.40. The van der Waals surface area contributed by atoms with E-state index in [2.05, 4.69) is 5.32 Å². The lowest BCUT2D eigenvalue weighted by molar-refractivity contribution is -0.126. The highest BCUT2D eigenvalue weighted by atomic mass is 35.5. The van der Waals surface area contributed by atoms with Gasteiger partial charge in [-0.25, -0.2) is 0 Å². The van der Waals surface area contributed by atoms with Gasteiger partial charge in [0, 0.05) is 25.1 Å². The van der Waals surface area contributed by atoms with E-state index in [1.165, 1.54) is 0 Å². The number of likely N-dealkylation sites (N-methyl/N-ethyl adjacent to an activating group) is 1. The Balaban J connectivity index is 1.91. The summed E-state index contributed by atoms with van der Waals surface area (Å²) in [4.78, 5) is 27.8. The summed E-state index contributed by atoms with van der Waals surface area (Å²) in [5.41, 5.74) is 1.52. The zero-order chi connectivity index (χ0) is 21.0. The molecule has 1 fully saturated rings. The molecule has 1 saturated heterocycles. The molecule has 2 amide bonds. The molecule has 0 bridgehead atoms. The largest absolute Gasteiger partial charge is 0.489 e. The summed E-state index contributed by atoms with van der Waals surface area (Å²) in [7, 11) is 1.61. The lowest BCUT2D eigenvalue weighted by atomic mass is 9.82. The van der Waals surface area contributed by atoms with Crippen molar-refractivity contribution >= 4 is 23.4 Å². The number of likely N-dealkylation sites (tertiary alicyclic amines) is 1. The second kappa shape index (κ2) is 9.31. The summed E-state index contributed by atoms with van der Waals surface area (Å²) < 4.78 is 5.66. The first kappa shape index (κ1) is 21.2. The maximum absolute atomic E-state index is 13.3. The molecule has 1 heterocycles. The molecule has 1 aliphatic rings. The third kappa shape index (κ3) is 4.73. The van der Waals surface area contributed by atoms with Crippen molar-refractivity contribution in [2.24, 2.45) is 0 Å². The van der Waals surface area contributed by atoms with Crippen molar-refractivity contribution in [3.63, 3.8) is 0 Å². The molecule has 0 radical (unpaired) electrons. The Kier molecular flexibility index (Phi) is 6.80. The number of benzene rings is 2. The number of nitrogens with one attached hydrogen (secondary N) is 1. The van der Waals surface area contributed by atoms with E-state index in [9.17, 15) is 9.59 Å². The molecule has 5 nitrogen and oxygen atoms in total. The second-order valence-corrected chi connectivity index (χ2v) is 7.94. The number of hydrogen-bond donors (Lipinski definition) is 1. The predicted molar refractivity (Wildman–Crippen MR) is 115 cm³/mol. The van der Waals surface area contributed by atoms with Crippen molar-refractivity contribution in [1.82, 2.24) is 10.2 Å². The summed E-state index contributed by atoms with van der Waals surface area (Å²) in [5.74, 6) is 0.143. The van der Waals surface area contributed by atoms with Crippen LogP contribution in [0.2, 0.25) is 5.02 Å². The van der Waals surface area contributed by atoms with Crippen LogP contribution in [-0.2, 0) is 4.79 Å². The van der Waals surface area contributed by atoms with Gasteiger partial charge in [-0.05, 0) is 50.5 Å². The molecule has 6 heteroatoms. The number of carbonyl (C=O) groups is 2. The van der Waals surface area contributed by atoms with E-state index in [0.717, 1.165) is 18.4 Å². The highest BCUT2D eigenvalue weighted by Gasteiger charge is 2.39. The molecule has 1 N–H and O–H groups in total. The summed E-state index contributed by atoms with van der Waals surface area (Å²) >= 11 is 6.33. The molecule has 2 aromatic carbocycles. The van der Waals surface area contributed by atoms with Crippen LogP contribution in [0.25, 0.3) is 0 Å². The number of piperidine rings is 1. The minimum atomic E-state index is -0.561. The first-order valence-electron chi connectivity index (χ1n) is 9.96. The van der Waals surface area contributed by atoms with Gasteiger partial charge in [0.15, 0.2) is 0 Å². The monoisotopic (exact) mass is 414 g/mol. The van der Waals surface area contributed by atoms with Crippen molar-refractivity contribution in [1.29, 1.82) is 0 Å². The van der Waals surface area contributed by atoms with Crippen LogP contribution in [0.1, 0.15) is 48.5 Å². The number of halogens is 1. The van der Waals surface area contributed by atoms with E-state index in [0.29, 0.717) is 22.9 Å². The van der Waals surface area contributed by atoms with Gasteiger partial charge < -0.3 is 15.0 Å². The Morgan fingerprint density at radius 1 is 1.17 bits per heavy atom. The van der Waals surface area contributed by atoms with Crippen molar-refractivity contribution in [2.75, 3.05) is 13.6 Å². The van der Waals surface area contributed by atoms with Gasteiger partial charge in [0.05, 0.1) is 11.1 Å². The molecule has 2 unspecified atom stereocenters. The quantitative estimate of drug-likeness (QED) is 0.795. The van der Waals surface area contributed by atoms with Crippen LogP contribution in [0.15, 0.2) is 48.5 Å². The molecule has 154 valence electrons. The normalized spacial score (nSPS) is 19.1. The van der Waals surface area contributed by atoms with E-state index < -0.39 is 6.04 Å². The predicted octanol–water partition coefficient (Wildman–Crippen LogP) is 4.26. The number of hydrogen-bond acceptors (Lipinski definition) is 3. The van der Waals surface area contributed by atoms with Gasteiger partial charge in [-0.3, -0.25) is 9.59 Å². The maximum atomic E-state index is 13.3. The maximum Gasteiger partial charge on any atom is 0.254 e. The van der Waals surface area contributed by atoms with Crippen molar-refractivity contribution < 1.29 is 14.3 Å². The van der Waals surface area contributed by atoms with Gasteiger partial charge in [0.1, 0.15) is 11.8 Å². The Hall–Kier alpha value is -2.53. The summed E-state index contributed by atoms with van der Waals surface area (Å²) in [6.45, 7) is 4.36. The van der Waals surface area contributed by atoms with Gasteiger partial charge in [0.2, 0.25) is 5.91 Å². The fraction of sp³-hybridized carbons (Fsp3) is 0.391. The first-order valence-corrected chi connectivity index (χ1v) is 10.3. The average Bonchev–Trinajstić information content (AvgIpc) is 2.74. The number of rotatable bonds is 5. The van der Waals surface area contributed by atoms with Crippen LogP contribution in [0, 0.1) is 0 Å². The Morgan fingerprint density at radius 3 is 2.52 bits per heavy atom. The molecule has 0 aliphatic carbocycles. The molecule has 0 spiro atoms. The molecule has 29 heavy (non-hydrogen) atoms. The number of carbonyl (C=O) groups excluding carboxylic acids is 2. The fourth-order valence-electron chi connectivity index (χ4n) is 3.89. The average molecular weight is 415 g/mol. The van der Waals surface area contributed by atoms with Gasteiger partial charge >= 0.3 is 0 Å². The highest BCUT2D eigenvalue weighted by Crippen LogP contribution is 2.34. The van der Waals surface area contributed by atoms with E-state index in [1.807, 2.05) is 44.2 Å². The fourth-order valence-corrected chi connectivity index (χ4v) is 4.12. The lowest BCUT2D eigenvalue weighted by Crippen LogP contribution is -2.54. The molecule has 1 aliphatic heterocycles. The minimum Gasteiger partial charge on any atom is -0.489 e. The van der Waals surface area contributed by atoms with Crippen LogP contribution in [0.5, 0.6) is 5.75 Å². The zero-order valence-corrected chi connectivity index (χ0v) is 17.8. The van der Waals surface area contributed by atoms with Gasteiger partial charge in [-0.2, -0.15) is 0 Å².